The third-order valence-electron chi connectivity index (χ3n) is 3.70. The summed E-state index contributed by atoms with van der Waals surface area (Å²) in [5.74, 6) is -0.0922. The Labute approximate surface area is 131 Å². The minimum Gasteiger partial charge on any atom is -0.312 e. The van der Waals surface area contributed by atoms with Gasteiger partial charge in [-0.05, 0) is 44.3 Å². The lowest BCUT2D eigenvalue weighted by Crippen LogP contribution is -2.20. The average molecular weight is 308 g/mol. The Morgan fingerprint density at radius 3 is 2.81 bits per heavy atom. The Hall–Kier alpha value is -0.970. The van der Waals surface area contributed by atoms with Crippen molar-refractivity contribution >= 4 is 21.4 Å². The minimum absolute atomic E-state index is 0.0922. The molecule has 0 spiro atoms. The Kier molecular flexibility index (Phi) is 6.15. The topological polar surface area (TPSA) is 15.3 Å². The van der Waals surface area contributed by atoms with Crippen molar-refractivity contribution in [2.75, 3.05) is 20.1 Å². The van der Waals surface area contributed by atoms with E-state index in [1.54, 1.807) is 23.5 Å². The van der Waals surface area contributed by atoms with E-state index >= 15 is 0 Å². The van der Waals surface area contributed by atoms with Gasteiger partial charge in [0.25, 0.3) is 0 Å². The van der Waals surface area contributed by atoms with Crippen LogP contribution >= 0.6 is 11.3 Å². The van der Waals surface area contributed by atoms with Gasteiger partial charge in [-0.2, -0.15) is 0 Å². The van der Waals surface area contributed by atoms with Gasteiger partial charge in [-0.3, -0.25) is 0 Å². The number of nitrogens with zero attached hydrogens (tertiary/aromatic N) is 1. The highest BCUT2D eigenvalue weighted by Gasteiger charge is 2.16. The fraction of sp³-hybridized carbons (Fsp3) is 0.529. The van der Waals surface area contributed by atoms with E-state index in [1.807, 2.05) is 6.07 Å². The predicted octanol–water partition coefficient (Wildman–Crippen LogP) is 4.38. The Morgan fingerprint density at radius 2 is 2.10 bits per heavy atom. The molecule has 2 nitrogen and oxygen atoms in total. The molecule has 0 fully saturated rings. The maximum atomic E-state index is 14.3. The quantitative estimate of drug-likeness (QED) is 0.778. The number of rotatable bonds is 8. The molecule has 0 aliphatic carbocycles. The Bertz CT molecular complexity index is 579. The zero-order valence-electron chi connectivity index (χ0n) is 13.2. The molecule has 0 bridgehead atoms. The highest BCUT2D eigenvalue weighted by atomic mass is 32.1. The van der Waals surface area contributed by atoms with Crippen LogP contribution in [0.2, 0.25) is 0 Å². The predicted molar refractivity (Wildman–Crippen MR) is 90.4 cm³/mol. The van der Waals surface area contributed by atoms with Crippen molar-refractivity contribution in [3.05, 3.63) is 34.5 Å². The molecule has 0 amide bonds. The molecule has 0 atom stereocenters. The van der Waals surface area contributed by atoms with Crippen LogP contribution in [0.25, 0.3) is 10.1 Å². The Morgan fingerprint density at radius 1 is 1.29 bits per heavy atom. The van der Waals surface area contributed by atoms with E-state index in [0.29, 0.717) is 0 Å². The number of hydrogen-bond acceptors (Lipinski definition) is 3. The van der Waals surface area contributed by atoms with Crippen molar-refractivity contribution in [3.8, 4) is 0 Å². The normalized spacial score (nSPS) is 11.7. The van der Waals surface area contributed by atoms with Crippen LogP contribution in [-0.2, 0) is 13.1 Å². The molecule has 0 radical (unpaired) electrons. The van der Waals surface area contributed by atoms with Gasteiger partial charge in [0.1, 0.15) is 5.82 Å². The van der Waals surface area contributed by atoms with Crippen LogP contribution in [0, 0.1) is 5.82 Å². The van der Waals surface area contributed by atoms with E-state index in [4.69, 9.17) is 0 Å². The second kappa shape index (κ2) is 7.87. The first-order valence-electron chi connectivity index (χ1n) is 7.75. The summed E-state index contributed by atoms with van der Waals surface area (Å²) in [6.07, 6.45) is 2.37. The molecule has 0 aliphatic rings. The van der Waals surface area contributed by atoms with Gasteiger partial charge in [0.2, 0.25) is 0 Å². The summed E-state index contributed by atoms with van der Waals surface area (Å²) in [6.45, 7) is 7.93. The molecular weight excluding hydrogens is 283 g/mol. The number of thiophene rings is 1. The van der Waals surface area contributed by atoms with Gasteiger partial charge >= 0.3 is 0 Å². The van der Waals surface area contributed by atoms with E-state index in [-0.39, 0.29) is 5.82 Å². The number of benzene rings is 1. The first-order chi connectivity index (χ1) is 10.2. The summed E-state index contributed by atoms with van der Waals surface area (Å²) in [7, 11) is 2.12. The van der Waals surface area contributed by atoms with E-state index < -0.39 is 0 Å². The van der Waals surface area contributed by atoms with E-state index in [2.05, 4.69) is 31.1 Å². The van der Waals surface area contributed by atoms with Gasteiger partial charge in [0, 0.05) is 28.1 Å². The van der Waals surface area contributed by atoms with Crippen LogP contribution in [0.3, 0.4) is 0 Å². The molecule has 1 N–H and O–H groups in total. The lowest BCUT2D eigenvalue weighted by molar-refractivity contribution is 0.321. The second-order valence-electron chi connectivity index (χ2n) is 5.49. The first kappa shape index (κ1) is 16.4. The Balaban J connectivity index is 2.32. The van der Waals surface area contributed by atoms with Crippen LogP contribution in [-0.4, -0.2) is 25.0 Å². The molecule has 1 aromatic heterocycles. The summed E-state index contributed by atoms with van der Waals surface area (Å²) in [5.41, 5.74) is 1.16. The number of unbranched alkanes of at least 4 members (excludes halogenated alkanes) is 1. The van der Waals surface area contributed by atoms with Crippen LogP contribution in [0.5, 0.6) is 0 Å². The van der Waals surface area contributed by atoms with Crippen LogP contribution in [0.15, 0.2) is 18.2 Å². The van der Waals surface area contributed by atoms with Gasteiger partial charge in [-0.25, -0.2) is 4.39 Å². The molecule has 1 heterocycles. The molecule has 0 unspecified atom stereocenters. The van der Waals surface area contributed by atoms with E-state index in [0.717, 1.165) is 41.8 Å². The third kappa shape index (κ3) is 4.02. The van der Waals surface area contributed by atoms with Crippen molar-refractivity contribution in [1.82, 2.24) is 10.2 Å². The van der Waals surface area contributed by atoms with Gasteiger partial charge in [-0.1, -0.05) is 26.3 Å². The second-order valence-corrected chi connectivity index (χ2v) is 6.63. The SMILES string of the molecule is CCCCN(C)Cc1c(CNCC)sc2cccc(F)c12. The van der Waals surface area contributed by atoms with Crippen molar-refractivity contribution in [2.24, 2.45) is 0 Å². The minimum atomic E-state index is -0.0922. The molecule has 0 saturated carbocycles. The summed E-state index contributed by atoms with van der Waals surface area (Å²) < 4.78 is 15.3. The van der Waals surface area contributed by atoms with Crippen LogP contribution in [0.1, 0.15) is 37.1 Å². The highest BCUT2D eigenvalue weighted by molar-refractivity contribution is 7.19. The molecular formula is C17H25FN2S. The van der Waals surface area contributed by atoms with Gasteiger partial charge in [0.15, 0.2) is 0 Å². The van der Waals surface area contributed by atoms with Crippen molar-refractivity contribution in [3.63, 3.8) is 0 Å². The van der Waals surface area contributed by atoms with Gasteiger partial charge in [-0.15, -0.1) is 11.3 Å². The fourth-order valence-electron chi connectivity index (χ4n) is 2.54. The molecule has 116 valence electrons. The van der Waals surface area contributed by atoms with Gasteiger partial charge in [0.05, 0.1) is 0 Å². The van der Waals surface area contributed by atoms with Gasteiger partial charge < -0.3 is 10.2 Å². The number of halogens is 1. The zero-order valence-corrected chi connectivity index (χ0v) is 14.0. The molecule has 1 aromatic carbocycles. The molecule has 0 aliphatic heterocycles. The zero-order chi connectivity index (χ0) is 15.2. The smallest absolute Gasteiger partial charge is 0.132 e. The molecule has 2 aromatic rings. The van der Waals surface area contributed by atoms with Crippen molar-refractivity contribution in [2.45, 2.75) is 39.8 Å². The lowest BCUT2D eigenvalue weighted by Gasteiger charge is -2.17. The third-order valence-corrected chi connectivity index (χ3v) is 4.90. The fourth-order valence-corrected chi connectivity index (χ4v) is 3.74. The van der Waals surface area contributed by atoms with Crippen molar-refractivity contribution in [1.29, 1.82) is 0 Å². The van der Waals surface area contributed by atoms with Crippen LogP contribution in [0.4, 0.5) is 4.39 Å². The molecule has 0 saturated heterocycles. The maximum Gasteiger partial charge on any atom is 0.132 e. The summed E-state index contributed by atoms with van der Waals surface area (Å²) in [4.78, 5) is 3.56. The number of fused-ring (bicyclic) bond motifs is 1. The highest BCUT2D eigenvalue weighted by Crippen LogP contribution is 2.34. The molecule has 21 heavy (non-hydrogen) atoms. The number of hydrogen-bond donors (Lipinski definition) is 1. The van der Waals surface area contributed by atoms with Crippen LogP contribution < -0.4 is 5.32 Å². The summed E-state index contributed by atoms with van der Waals surface area (Å²) in [5, 5.41) is 4.19. The standard InChI is InChI=1S/C17H25FN2S/c1-4-6-10-20(3)12-13-16(11-19-5-2)21-15-9-7-8-14(18)17(13)15/h7-9,19H,4-6,10-12H2,1-3H3. The monoisotopic (exact) mass is 308 g/mol. The summed E-state index contributed by atoms with van der Waals surface area (Å²) >= 11 is 1.71. The van der Waals surface area contributed by atoms with E-state index in [9.17, 15) is 4.39 Å². The average Bonchev–Trinajstić information content (AvgIpc) is 2.82. The molecule has 2 rings (SSSR count). The number of nitrogens with one attached hydrogen (secondary N) is 1. The first-order valence-corrected chi connectivity index (χ1v) is 8.57. The largest absolute Gasteiger partial charge is 0.312 e. The lowest BCUT2D eigenvalue weighted by atomic mass is 10.1. The van der Waals surface area contributed by atoms with Crippen molar-refractivity contribution < 1.29 is 4.39 Å². The maximum absolute atomic E-state index is 14.3. The van der Waals surface area contributed by atoms with E-state index in [1.165, 1.54) is 17.7 Å². The molecule has 4 heteroatoms. The summed E-state index contributed by atoms with van der Waals surface area (Å²) in [6, 6.07) is 5.39.